The van der Waals surface area contributed by atoms with Gasteiger partial charge in [0.1, 0.15) is 17.7 Å². The molecule has 2 rings (SSSR count). The number of hydrogen-bond donors (Lipinski definition) is 4. The molecule has 7 heteroatoms. The lowest BCUT2D eigenvalue weighted by molar-refractivity contribution is -0.123. The van der Waals surface area contributed by atoms with Gasteiger partial charge < -0.3 is 22.1 Å². The van der Waals surface area contributed by atoms with Crippen molar-refractivity contribution in [2.45, 2.75) is 18.9 Å². The number of anilines is 3. The maximum Gasteiger partial charge on any atom is 0.242 e. The van der Waals surface area contributed by atoms with Crippen LogP contribution in [0, 0.1) is 0 Å². The van der Waals surface area contributed by atoms with Crippen LogP contribution in [0.25, 0.3) is 0 Å². The Labute approximate surface area is 92.6 Å². The molecule has 16 heavy (non-hydrogen) atoms. The number of nitrogens with two attached hydrogens (primary N) is 2. The van der Waals surface area contributed by atoms with Gasteiger partial charge in [-0.05, 0) is 12.8 Å². The maximum absolute atomic E-state index is 11.5. The van der Waals surface area contributed by atoms with Crippen LogP contribution in [0.15, 0.2) is 6.07 Å². The molecule has 0 aliphatic carbocycles. The summed E-state index contributed by atoms with van der Waals surface area (Å²) in [5.41, 5.74) is 11.0. The molecule has 1 amide bonds. The molecule has 1 atom stereocenters. The van der Waals surface area contributed by atoms with E-state index in [-0.39, 0.29) is 23.7 Å². The third-order valence-corrected chi connectivity index (χ3v) is 2.37. The Hall–Kier alpha value is -2.05. The number of piperidine rings is 1. The molecule has 0 saturated carbocycles. The first kappa shape index (κ1) is 10.5. The first-order valence-electron chi connectivity index (χ1n) is 5.09. The van der Waals surface area contributed by atoms with E-state index in [1.165, 1.54) is 0 Å². The van der Waals surface area contributed by atoms with Gasteiger partial charge in [-0.1, -0.05) is 0 Å². The molecule has 86 valence electrons. The summed E-state index contributed by atoms with van der Waals surface area (Å²) in [6.45, 7) is 0.727. The van der Waals surface area contributed by atoms with Gasteiger partial charge in [-0.15, -0.1) is 0 Å². The molecule has 1 aromatic heterocycles. The Bertz CT molecular complexity index is 387. The van der Waals surface area contributed by atoms with Gasteiger partial charge in [-0.25, -0.2) is 0 Å². The summed E-state index contributed by atoms with van der Waals surface area (Å²) in [5, 5.41) is 5.76. The Kier molecular flexibility index (Phi) is 2.76. The van der Waals surface area contributed by atoms with Crippen molar-refractivity contribution in [3.05, 3.63) is 6.07 Å². The number of nitrogens with one attached hydrogen (secondary N) is 2. The second-order valence-electron chi connectivity index (χ2n) is 3.67. The van der Waals surface area contributed by atoms with Crippen LogP contribution in [0.2, 0.25) is 0 Å². The molecular weight excluding hydrogens is 208 g/mol. The monoisotopic (exact) mass is 222 g/mol. The summed E-state index contributed by atoms with van der Waals surface area (Å²) in [5.74, 6) is 0.832. The maximum atomic E-state index is 11.5. The van der Waals surface area contributed by atoms with Gasteiger partial charge in [-0.2, -0.15) is 9.97 Å². The van der Waals surface area contributed by atoms with Crippen molar-refractivity contribution in [2.75, 3.05) is 23.3 Å². The molecule has 6 N–H and O–H groups in total. The number of amides is 1. The number of hydrogen-bond acceptors (Lipinski definition) is 6. The van der Waals surface area contributed by atoms with Crippen LogP contribution in [-0.2, 0) is 4.79 Å². The molecule has 0 aromatic carbocycles. The second-order valence-corrected chi connectivity index (χ2v) is 3.67. The molecule has 0 bridgehead atoms. The zero-order valence-corrected chi connectivity index (χ0v) is 8.73. The largest absolute Gasteiger partial charge is 0.383 e. The molecule has 1 unspecified atom stereocenters. The second kappa shape index (κ2) is 4.21. The third kappa shape index (κ3) is 2.30. The molecule has 1 aromatic rings. The van der Waals surface area contributed by atoms with Crippen LogP contribution in [0.5, 0.6) is 0 Å². The van der Waals surface area contributed by atoms with Gasteiger partial charge in [0.2, 0.25) is 11.9 Å². The average Bonchev–Trinajstić information content (AvgIpc) is 2.20. The Balaban J connectivity index is 2.10. The van der Waals surface area contributed by atoms with Crippen LogP contribution in [0.3, 0.4) is 0 Å². The number of carbonyl (C=O) groups is 1. The van der Waals surface area contributed by atoms with Gasteiger partial charge in [0.15, 0.2) is 0 Å². The van der Waals surface area contributed by atoms with Crippen LogP contribution < -0.4 is 22.1 Å². The molecule has 1 aliphatic heterocycles. The van der Waals surface area contributed by atoms with Gasteiger partial charge in [-0.3, -0.25) is 4.79 Å². The molecule has 0 radical (unpaired) electrons. The van der Waals surface area contributed by atoms with E-state index in [4.69, 9.17) is 11.5 Å². The van der Waals surface area contributed by atoms with Crippen LogP contribution in [-0.4, -0.2) is 28.5 Å². The van der Waals surface area contributed by atoms with E-state index in [2.05, 4.69) is 20.6 Å². The first-order chi connectivity index (χ1) is 7.65. The molecule has 1 saturated heterocycles. The fraction of sp³-hybridized carbons (Fsp3) is 0.444. The molecule has 1 aliphatic rings. The van der Waals surface area contributed by atoms with E-state index < -0.39 is 0 Å². The van der Waals surface area contributed by atoms with Gasteiger partial charge in [0.25, 0.3) is 0 Å². The highest BCUT2D eigenvalue weighted by molar-refractivity contribution is 5.85. The summed E-state index contributed by atoms with van der Waals surface area (Å²) in [6.07, 6.45) is 1.72. The summed E-state index contributed by atoms with van der Waals surface area (Å²) in [7, 11) is 0. The normalized spacial score (nSPS) is 20.2. The van der Waals surface area contributed by atoms with E-state index in [1.807, 2.05) is 0 Å². The van der Waals surface area contributed by atoms with Gasteiger partial charge in [0.05, 0.1) is 0 Å². The van der Waals surface area contributed by atoms with Crippen molar-refractivity contribution in [1.82, 2.24) is 15.3 Å². The van der Waals surface area contributed by atoms with E-state index in [0.717, 1.165) is 19.4 Å². The van der Waals surface area contributed by atoms with Gasteiger partial charge in [0, 0.05) is 12.6 Å². The van der Waals surface area contributed by atoms with E-state index in [0.29, 0.717) is 5.82 Å². The summed E-state index contributed by atoms with van der Waals surface area (Å²) < 4.78 is 0. The lowest BCUT2D eigenvalue weighted by Crippen LogP contribution is -2.44. The van der Waals surface area contributed by atoms with Crippen LogP contribution in [0.1, 0.15) is 12.8 Å². The SMILES string of the molecule is Nc1cc(NC2CCCNC2=O)nc(N)n1. The predicted octanol–water partition coefficient (Wildman–Crippen LogP) is -0.669. The summed E-state index contributed by atoms with van der Waals surface area (Å²) >= 11 is 0. The minimum Gasteiger partial charge on any atom is -0.383 e. The highest BCUT2D eigenvalue weighted by Crippen LogP contribution is 2.13. The summed E-state index contributed by atoms with van der Waals surface area (Å²) in [6, 6.07) is 1.28. The van der Waals surface area contributed by atoms with E-state index >= 15 is 0 Å². The lowest BCUT2D eigenvalue weighted by atomic mass is 10.1. The van der Waals surface area contributed by atoms with E-state index in [1.54, 1.807) is 6.07 Å². The highest BCUT2D eigenvalue weighted by Gasteiger charge is 2.22. The first-order valence-corrected chi connectivity index (χ1v) is 5.09. The lowest BCUT2D eigenvalue weighted by Gasteiger charge is -2.23. The molecular formula is C9H14N6O. The van der Waals surface area contributed by atoms with Crippen molar-refractivity contribution in [2.24, 2.45) is 0 Å². The topological polar surface area (TPSA) is 119 Å². The molecule has 2 heterocycles. The Morgan fingerprint density at radius 1 is 1.44 bits per heavy atom. The van der Waals surface area contributed by atoms with Crippen molar-refractivity contribution in [3.63, 3.8) is 0 Å². The molecule has 1 fully saturated rings. The number of nitrogens with zero attached hydrogens (tertiary/aromatic N) is 2. The number of nitrogen functional groups attached to an aromatic ring is 2. The standard InChI is InChI=1S/C9H14N6O/c10-6-4-7(15-9(11)14-6)13-5-2-1-3-12-8(5)16/h4-5H,1-3H2,(H,12,16)(H5,10,11,13,14,15). The van der Waals surface area contributed by atoms with Gasteiger partial charge >= 0.3 is 0 Å². The zero-order valence-electron chi connectivity index (χ0n) is 8.73. The number of rotatable bonds is 2. The number of carbonyl (C=O) groups excluding carboxylic acids is 1. The van der Waals surface area contributed by atoms with E-state index in [9.17, 15) is 4.79 Å². The smallest absolute Gasteiger partial charge is 0.242 e. The zero-order chi connectivity index (χ0) is 11.5. The Morgan fingerprint density at radius 3 is 2.94 bits per heavy atom. The third-order valence-electron chi connectivity index (χ3n) is 2.37. The van der Waals surface area contributed by atoms with Crippen molar-refractivity contribution < 1.29 is 4.79 Å². The van der Waals surface area contributed by atoms with Crippen LogP contribution >= 0.6 is 0 Å². The number of aromatic nitrogens is 2. The molecule has 7 nitrogen and oxygen atoms in total. The average molecular weight is 222 g/mol. The van der Waals surface area contributed by atoms with Crippen LogP contribution in [0.4, 0.5) is 17.6 Å². The Morgan fingerprint density at radius 2 is 2.25 bits per heavy atom. The minimum atomic E-state index is -0.276. The predicted molar refractivity (Wildman–Crippen MR) is 60.5 cm³/mol. The van der Waals surface area contributed by atoms with Crippen molar-refractivity contribution >= 4 is 23.5 Å². The fourth-order valence-corrected chi connectivity index (χ4v) is 1.65. The van der Waals surface area contributed by atoms with Crippen molar-refractivity contribution in [3.8, 4) is 0 Å². The quantitative estimate of drug-likeness (QED) is 0.527. The highest BCUT2D eigenvalue weighted by atomic mass is 16.2. The fourth-order valence-electron chi connectivity index (χ4n) is 1.65. The minimum absolute atomic E-state index is 0.0259. The molecule has 0 spiro atoms. The summed E-state index contributed by atoms with van der Waals surface area (Å²) in [4.78, 5) is 19.2. The van der Waals surface area contributed by atoms with Crippen molar-refractivity contribution in [1.29, 1.82) is 0 Å².